The molecule has 0 bridgehead atoms. The van der Waals surface area contributed by atoms with Crippen molar-refractivity contribution >= 4 is 51.2 Å². The summed E-state index contributed by atoms with van der Waals surface area (Å²) in [5.41, 5.74) is 5.85. The zero-order valence-corrected chi connectivity index (χ0v) is 30.2. The number of hydrogen-bond donors (Lipinski definition) is 2. The Labute approximate surface area is 290 Å². The number of aliphatic hydroxyl groups excluding tert-OH is 1. The second-order valence-corrected chi connectivity index (χ2v) is 11.5. The molecule has 174 valence electrons. The fourth-order valence-electron chi connectivity index (χ4n) is 2.57. The van der Waals surface area contributed by atoms with Crippen LogP contribution in [0, 0.1) is 0 Å². The van der Waals surface area contributed by atoms with Crippen molar-refractivity contribution in [3.8, 4) is 0 Å². The van der Waals surface area contributed by atoms with Gasteiger partial charge in [0.15, 0.2) is 23.9 Å². The van der Waals surface area contributed by atoms with Gasteiger partial charge in [0.2, 0.25) is 0 Å². The molecule has 0 aromatic carbocycles. The van der Waals surface area contributed by atoms with Crippen molar-refractivity contribution in [1.82, 2.24) is 19.5 Å². The van der Waals surface area contributed by atoms with E-state index in [-0.39, 0.29) is 135 Å². The summed E-state index contributed by atoms with van der Waals surface area (Å²) in [7, 11) is -12.0. The maximum absolute atomic E-state index is 14.6. The average molecular weight is 613 g/mol. The maximum Gasteiger partial charge on any atom is 1.00 e. The van der Waals surface area contributed by atoms with Gasteiger partial charge in [-0.2, -0.15) is 0 Å². The minimum atomic E-state index is -6.06. The van der Waals surface area contributed by atoms with Crippen molar-refractivity contribution in [2.75, 3.05) is 12.3 Å². The summed E-state index contributed by atoms with van der Waals surface area (Å²) >= 11 is 4.26. The van der Waals surface area contributed by atoms with Gasteiger partial charge in [-0.1, -0.05) is 11.8 Å². The van der Waals surface area contributed by atoms with Gasteiger partial charge in [0.1, 0.15) is 30.8 Å². The molecule has 0 amide bonds. The number of halogens is 1. The van der Waals surface area contributed by atoms with Crippen molar-refractivity contribution in [3.63, 3.8) is 0 Å². The molecule has 0 radical (unpaired) electrons. The first-order chi connectivity index (χ1) is 14.2. The first-order valence-electron chi connectivity index (χ1n) is 7.81. The van der Waals surface area contributed by atoms with Gasteiger partial charge in [0, 0.05) is 0 Å². The van der Waals surface area contributed by atoms with Gasteiger partial charge in [-0.05, 0) is 0 Å². The number of aliphatic hydroxyl groups is 1. The molecule has 3 heterocycles. The third kappa shape index (κ3) is 11.1. The van der Waals surface area contributed by atoms with E-state index in [1.54, 1.807) is 0 Å². The molecule has 1 aliphatic rings. The van der Waals surface area contributed by atoms with E-state index >= 15 is 0 Å². The van der Waals surface area contributed by atoms with E-state index in [9.17, 15) is 38.2 Å². The van der Waals surface area contributed by atoms with E-state index in [1.807, 2.05) is 0 Å². The van der Waals surface area contributed by atoms with Crippen LogP contribution in [0.1, 0.15) is 6.23 Å². The molecule has 6 atom stereocenters. The Bertz CT molecular complexity index is 1130. The Kier molecular flexibility index (Phi) is 18.2. The molecule has 3 N–H and O–H groups in total. The van der Waals surface area contributed by atoms with Gasteiger partial charge in [0.25, 0.3) is 7.82 Å². The minimum Gasteiger partial charge on any atom is -0.790 e. The zero-order chi connectivity index (χ0) is 23.2. The first-order valence-corrected chi connectivity index (χ1v) is 13.3. The number of rotatable bonds is 8. The smallest absolute Gasteiger partial charge is 0.790 e. The van der Waals surface area contributed by atoms with E-state index in [0.29, 0.717) is 0 Å². The molecule has 35 heavy (non-hydrogen) atoms. The van der Waals surface area contributed by atoms with Crippen LogP contribution in [0.25, 0.3) is 11.2 Å². The van der Waals surface area contributed by atoms with Crippen LogP contribution < -0.4 is 144 Å². The van der Waals surface area contributed by atoms with E-state index < -0.39 is 53.6 Å². The van der Waals surface area contributed by atoms with E-state index in [4.69, 9.17) is 10.5 Å². The van der Waals surface area contributed by atoms with Crippen LogP contribution in [-0.4, -0.2) is 49.6 Å². The van der Waals surface area contributed by atoms with Crippen LogP contribution in [0.15, 0.2) is 12.7 Å². The summed E-state index contributed by atoms with van der Waals surface area (Å²) in [6.45, 7) is -5.96. The topological polar surface area (TPSA) is 253 Å². The van der Waals surface area contributed by atoms with Crippen LogP contribution in [0.5, 0.6) is 0 Å². The molecule has 2 aromatic heterocycles. The third-order valence-electron chi connectivity index (χ3n) is 3.75. The van der Waals surface area contributed by atoms with Crippen molar-refractivity contribution < 1.29 is 174 Å². The molecular weight excluding hydrogens is 602 g/mol. The van der Waals surface area contributed by atoms with Crippen LogP contribution >= 0.6 is 22.4 Å². The quantitative estimate of drug-likeness (QED) is 0.207. The first kappa shape index (κ1) is 40.2. The number of aromatic nitrogens is 4. The largest absolute Gasteiger partial charge is 1.00 e. The van der Waals surface area contributed by atoms with Crippen LogP contribution in [0.3, 0.4) is 0 Å². The van der Waals surface area contributed by atoms with Crippen LogP contribution in [0.2, 0.25) is 0 Å². The van der Waals surface area contributed by atoms with Gasteiger partial charge in [0.05, 0.1) is 20.8 Å². The predicted octanol–water partition coefficient (Wildman–Crippen LogP) is -15.0. The number of imidazole rings is 1. The van der Waals surface area contributed by atoms with E-state index in [2.05, 4.69) is 39.9 Å². The Balaban J connectivity index is 0. The van der Waals surface area contributed by atoms with Gasteiger partial charge >= 0.3 is 118 Å². The molecule has 1 saturated heterocycles. The summed E-state index contributed by atoms with van der Waals surface area (Å²) in [5, 5.41) is 10.0. The zero-order valence-electron chi connectivity index (χ0n) is 18.7. The molecule has 0 spiro atoms. The van der Waals surface area contributed by atoms with Crippen molar-refractivity contribution in [2.45, 2.75) is 24.6 Å². The van der Waals surface area contributed by atoms with E-state index in [0.717, 1.165) is 17.2 Å². The number of phosphoric acid groups is 2. The molecule has 0 saturated carbocycles. The molecule has 2 aromatic rings. The molecule has 2 unspecified atom stereocenters. The maximum atomic E-state index is 14.6. The monoisotopic (exact) mass is 613 g/mol. The Morgan fingerprint density at radius 3 is 2.31 bits per heavy atom. The normalized spacial score (nSPS) is 25.2. The summed E-state index contributed by atoms with van der Waals surface area (Å²) in [4.78, 5) is 55.4. The number of alkyl halides is 1. The second-order valence-electron chi connectivity index (χ2n) is 5.88. The van der Waals surface area contributed by atoms with Gasteiger partial charge < -0.3 is 44.2 Å². The second kappa shape index (κ2) is 15.9. The number of nitrogens with two attached hydrogens (primary N) is 1. The van der Waals surface area contributed by atoms with Gasteiger partial charge in [-0.15, -0.1) is 0 Å². The minimum absolute atomic E-state index is 0. The molecule has 1 aliphatic heterocycles. The average Bonchev–Trinajstić information content (AvgIpc) is 3.13. The van der Waals surface area contributed by atoms with E-state index in [1.165, 1.54) is 0 Å². The summed E-state index contributed by atoms with van der Waals surface area (Å²) in [6, 6.07) is 0. The van der Waals surface area contributed by atoms with Gasteiger partial charge in [-0.3, -0.25) is 17.8 Å². The Morgan fingerprint density at radius 2 is 1.74 bits per heavy atom. The van der Waals surface area contributed by atoms with Crippen molar-refractivity contribution in [2.24, 2.45) is 0 Å². The Morgan fingerprint density at radius 1 is 1.14 bits per heavy atom. The number of hydrogen-bond acceptors (Lipinski definition) is 16. The Hall–Kier alpha value is 3.03. The fraction of sp³-hybridized carbons (Fsp3) is 0.500. The van der Waals surface area contributed by atoms with Crippen LogP contribution in [-0.2, 0) is 38.8 Å². The molecular formula is C10H11FN5Na4O11P3S. The van der Waals surface area contributed by atoms with Crippen molar-refractivity contribution in [1.29, 1.82) is 0 Å². The summed E-state index contributed by atoms with van der Waals surface area (Å²) in [5.74, 6) is 0.00625. The molecule has 1 fully saturated rings. The van der Waals surface area contributed by atoms with Gasteiger partial charge in [-0.25, -0.2) is 19.3 Å². The number of nitrogen functional groups attached to an aromatic ring is 1. The predicted molar refractivity (Wildman–Crippen MR) is 92.2 cm³/mol. The van der Waals surface area contributed by atoms with Crippen molar-refractivity contribution in [3.05, 3.63) is 12.7 Å². The number of anilines is 1. The SMILES string of the molecule is Nc1ncnc2c1ncn2[C@@H]1O[C@H](COP([O-])(=S)OP(=O)([O-])OP(=O)([O-])[O-])[C@@H](O)[C@H]1F.[Na+].[Na+].[Na+].[Na+]. The third-order valence-corrected chi connectivity index (χ3v) is 8.33. The molecule has 16 nitrogen and oxygen atoms in total. The summed E-state index contributed by atoms with van der Waals surface area (Å²) < 4.78 is 54.0. The van der Waals surface area contributed by atoms with Crippen LogP contribution in [0.4, 0.5) is 10.2 Å². The fourth-order valence-corrected chi connectivity index (χ4v) is 6.35. The standard InChI is InChI=1S/C10H15FN5O11P3S.4Na/c11-5-7(17)4(1-24-30(23,31)27-29(21,22)26-28(18,19)20)25-10(5)16-3-15-6-8(12)13-2-14-9(6)16;;;;/h2-5,7,10,17H,1H2,(H,21,22)(H,23,31)(H2,12,13,14)(H2,18,19,20);;;;/q;4*+1/p-4/t4-,5-,7-,10-,30?;;;;/m1..../s1. The molecule has 25 heteroatoms. The molecule has 3 rings (SSSR count). The number of nitrogens with zero attached hydrogens (tertiary/aromatic N) is 4. The molecule has 0 aliphatic carbocycles. The number of ether oxygens (including phenoxy) is 1. The number of fused-ring (bicyclic) bond motifs is 1. The summed E-state index contributed by atoms with van der Waals surface area (Å²) in [6.07, 6.45) is -4.75.